The highest BCUT2D eigenvalue weighted by Crippen LogP contribution is 2.13. The first-order chi connectivity index (χ1) is 10.2. The van der Waals surface area contributed by atoms with E-state index in [1.165, 1.54) is 58.0 Å². The zero-order chi connectivity index (χ0) is 15.5. The van der Waals surface area contributed by atoms with Crippen LogP contribution < -0.4 is 10.6 Å². The minimum Gasteiger partial charge on any atom is -0.356 e. The van der Waals surface area contributed by atoms with Crippen molar-refractivity contribution in [3.8, 4) is 0 Å². The van der Waals surface area contributed by atoms with Gasteiger partial charge in [0.2, 0.25) is 0 Å². The Morgan fingerprint density at radius 1 is 1.32 bits per heavy atom. The van der Waals surface area contributed by atoms with E-state index in [1.54, 1.807) is 0 Å². The molecule has 0 aliphatic carbocycles. The Hall–Kier alpha value is -0.0400. The molecule has 2 N–H and O–H groups in total. The lowest BCUT2D eigenvalue weighted by Crippen LogP contribution is -2.46. The van der Waals surface area contributed by atoms with Crippen LogP contribution in [0.3, 0.4) is 0 Å². The second-order valence-electron chi connectivity index (χ2n) is 6.62. The first-order valence-corrected chi connectivity index (χ1v) is 8.81. The molecule has 1 heterocycles. The highest BCUT2D eigenvalue weighted by Gasteiger charge is 2.17. The van der Waals surface area contributed by atoms with Crippen molar-refractivity contribution in [2.45, 2.75) is 64.8 Å². The molecule has 1 aliphatic rings. The Kier molecular flexibility index (Phi) is 13.4. The summed E-state index contributed by atoms with van der Waals surface area (Å²) in [6.07, 6.45) is 9.21. The Bertz CT molecular complexity index is 296. The predicted molar refractivity (Wildman–Crippen MR) is 108 cm³/mol. The minimum atomic E-state index is 0. The Labute approximate surface area is 154 Å². The number of aliphatic imine (C=N–C) groups is 1. The molecule has 0 aromatic carbocycles. The van der Waals surface area contributed by atoms with Crippen LogP contribution in [0, 0.1) is 5.92 Å². The summed E-state index contributed by atoms with van der Waals surface area (Å²) < 4.78 is 0. The lowest BCUT2D eigenvalue weighted by atomic mass is 9.98. The van der Waals surface area contributed by atoms with Crippen LogP contribution in [0.4, 0.5) is 0 Å². The number of likely N-dealkylation sites (tertiary alicyclic amines) is 1. The fourth-order valence-corrected chi connectivity index (χ4v) is 3.06. The summed E-state index contributed by atoms with van der Waals surface area (Å²) in [5.41, 5.74) is 0. The van der Waals surface area contributed by atoms with Gasteiger partial charge >= 0.3 is 0 Å². The second kappa shape index (κ2) is 13.4. The molecule has 0 radical (unpaired) electrons. The van der Waals surface area contributed by atoms with E-state index in [4.69, 9.17) is 0 Å². The maximum atomic E-state index is 4.36. The third kappa shape index (κ3) is 9.87. The smallest absolute Gasteiger partial charge is 0.191 e. The quantitative estimate of drug-likeness (QED) is 0.271. The summed E-state index contributed by atoms with van der Waals surface area (Å²) in [5, 5.41) is 7.02. The number of piperidine rings is 1. The lowest BCUT2D eigenvalue weighted by Gasteiger charge is -2.30. The van der Waals surface area contributed by atoms with E-state index in [0.29, 0.717) is 6.04 Å². The van der Waals surface area contributed by atoms with E-state index in [2.05, 4.69) is 41.4 Å². The van der Waals surface area contributed by atoms with Gasteiger partial charge in [-0.05, 0) is 45.7 Å². The predicted octanol–water partition coefficient (Wildman–Crippen LogP) is 3.47. The van der Waals surface area contributed by atoms with E-state index < -0.39 is 0 Å². The Balaban J connectivity index is 0.00000441. The van der Waals surface area contributed by atoms with Gasteiger partial charge in [-0.3, -0.25) is 4.99 Å². The van der Waals surface area contributed by atoms with E-state index in [9.17, 15) is 0 Å². The molecule has 132 valence electrons. The van der Waals surface area contributed by atoms with Gasteiger partial charge in [-0.2, -0.15) is 0 Å². The standard InChI is InChI=1S/C17H36N4.HI/c1-5-6-7-8-10-15(2)20-17(18-3)19-13-16-11-9-12-21(4)14-16;/h15-16H,5-14H2,1-4H3,(H2,18,19,20);1H. The van der Waals surface area contributed by atoms with Crippen molar-refractivity contribution in [2.24, 2.45) is 10.9 Å². The third-order valence-electron chi connectivity index (χ3n) is 4.38. The number of unbranched alkanes of at least 4 members (excludes halogenated alkanes) is 3. The SMILES string of the molecule is CCCCCCC(C)NC(=NC)NCC1CCCN(C)C1.I. The van der Waals surface area contributed by atoms with Crippen LogP contribution in [0.15, 0.2) is 4.99 Å². The van der Waals surface area contributed by atoms with Crippen molar-refractivity contribution < 1.29 is 0 Å². The highest BCUT2D eigenvalue weighted by molar-refractivity contribution is 14.0. The topological polar surface area (TPSA) is 39.7 Å². The first-order valence-electron chi connectivity index (χ1n) is 8.81. The third-order valence-corrected chi connectivity index (χ3v) is 4.38. The van der Waals surface area contributed by atoms with Crippen molar-refractivity contribution in [3.63, 3.8) is 0 Å². The van der Waals surface area contributed by atoms with Gasteiger partial charge < -0.3 is 15.5 Å². The maximum Gasteiger partial charge on any atom is 0.191 e. The lowest BCUT2D eigenvalue weighted by molar-refractivity contribution is 0.210. The van der Waals surface area contributed by atoms with Gasteiger partial charge in [-0.25, -0.2) is 0 Å². The van der Waals surface area contributed by atoms with Gasteiger partial charge in [0.25, 0.3) is 0 Å². The van der Waals surface area contributed by atoms with E-state index in [1.807, 2.05) is 7.05 Å². The average Bonchev–Trinajstić information content (AvgIpc) is 2.48. The largest absolute Gasteiger partial charge is 0.356 e. The molecular weight excluding hydrogens is 387 g/mol. The van der Waals surface area contributed by atoms with E-state index in [-0.39, 0.29) is 24.0 Å². The molecule has 0 saturated carbocycles. The zero-order valence-electron chi connectivity index (χ0n) is 15.0. The van der Waals surface area contributed by atoms with Crippen LogP contribution in [-0.4, -0.2) is 50.6 Å². The highest BCUT2D eigenvalue weighted by atomic mass is 127. The zero-order valence-corrected chi connectivity index (χ0v) is 17.4. The van der Waals surface area contributed by atoms with Crippen molar-refractivity contribution in [2.75, 3.05) is 33.7 Å². The van der Waals surface area contributed by atoms with Crippen molar-refractivity contribution in [3.05, 3.63) is 0 Å². The first kappa shape index (κ1) is 22.0. The average molecular weight is 424 g/mol. The number of rotatable bonds is 8. The molecular formula is C17H37IN4. The molecule has 2 atom stereocenters. The van der Waals surface area contributed by atoms with Gasteiger partial charge in [0, 0.05) is 26.2 Å². The minimum absolute atomic E-state index is 0. The van der Waals surface area contributed by atoms with E-state index in [0.717, 1.165) is 18.4 Å². The van der Waals surface area contributed by atoms with Gasteiger partial charge in [0.05, 0.1) is 0 Å². The van der Waals surface area contributed by atoms with Crippen molar-refractivity contribution in [1.82, 2.24) is 15.5 Å². The molecule has 0 amide bonds. The summed E-state index contributed by atoms with van der Waals surface area (Å²) in [7, 11) is 4.09. The molecule has 0 aromatic rings. The van der Waals surface area contributed by atoms with Crippen molar-refractivity contribution >= 4 is 29.9 Å². The Morgan fingerprint density at radius 2 is 2.09 bits per heavy atom. The summed E-state index contributed by atoms with van der Waals surface area (Å²) in [6.45, 7) is 8.00. The van der Waals surface area contributed by atoms with Crippen LogP contribution in [0.1, 0.15) is 58.8 Å². The molecule has 0 aromatic heterocycles. The molecule has 1 fully saturated rings. The summed E-state index contributed by atoms with van der Waals surface area (Å²) in [4.78, 5) is 6.79. The number of nitrogens with zero attached hydrogens (tertiary/aromatic N) is 2. The molecule has 1 rings (SSSR count). The number of guanidine groups is 1. The van der Waals surface area contributed by atoms with Crippen LogP contribution >= 0.6 is 24.0 Å². The fourth-order valence-electron chi connectivity index (χ4n) is 3.06. The fraction of sp³-hybridized carbons (Fsp3) is 0.941. The van der Waals surface area contributed by atoms with E-state index >= 15 is 0 Å². The number of hydrogen-bond donors (Lipinski definition) is 2. The molecule has 5 heteroatoms. The van der Waals surface area contributed by atoms with Crippen LogP contribution in [0.2, 0.25) is 0 Å². The Morgan fingerprint density at radius 3 is 2.73 bits per heavy atom. The van der Waals surface area contributed by atoms with Crippen molar-refractivity contribution in [1.29, 1.82) is 0 Å². The van der Waals surface area contributed by atoms with Gasteiger partial charge in [-0.1, -0.05) is 32.6 Å². The van der Waals surface area contributed by atoms with Gasteiger partial charge in [-0.15, -0.1) is 24.0 Å². The molecule has 22 heavy (non-hydrogen) atoms. The van der Waals surface area contributed by atoms with Crippen LogP contribution in [0.25, 0.3) is 0 Å². The number of hydrogen-bond acceptors (Lipinski definition) is 2. The maximum absolute atomic E-state index is 4.36. The number of nitrogens with one attached hydrogen (secondary N) is 2. The summed E-state index contributed by atoms with van der Waals surface area (Å²) in [6, 6.07) is 0.502. The second-order valence-corrected chi connectivity index (χ2v) is 6.62. The van der Waals surface area contributed by atoms with Crippen LogP contribution in [0.5, 0.6) is 0 Å². The molecule has 1 aliphatic heterocycles. The molecule has 2 unspecified atom stereocenters. The molecule has 0 bridgehead atoms. The number of halogens is 1. The van der Waals surface area contributed by atoms with Crippen LogP contribution in [-0.2, 0) is 0 Å². The normalized spacial score (nSPS) is 21.1. The summed E-state index contributed by atoms with van der Waals surface area (Å²) >= 11 is 0. The summed E-state index contributed by atoms with van der Waals surface area (Å²) in [5.74, 6) is 1.72. The molecule has 0 spiro atoms. The molecule has 4 nitrogen and oxygen atoms in total. The van der Waals surface area contributed by atoms with Gasteiger partial charge in [0.15, 0.2) is 5.96 Å². The van der Waals surface area contributed by atoms with Gasteiger partial charge in [0.1, 0.15) is 0 Å². The monoisotopic (exact) mass is 424 g/mol. The molecule has 1 saturated heterocycles.